The molecule has 0 aliphatic carbocycles. The van der Waals surface area contributed by atoms with Gasteiger partial charge in [0, 0.05) is 30.6 Å². The molecule has 1 unspecified atom stereocenters. The van der Waals surface area contributed by atoms with Gasteiger partial charge in [-0.25, -0.2) is 4.79 Å². The summed E-state index contributed by atoms with van der Waals surface area (Å²) in [6, 6.07) is 19.9. The van der Waals surface area contributed by atoms with Crippen LogP contribution in [-0.2, 0) is 18.3 Å². The van der Waals surface area contributed by atoms with Crippen LogP contribution < -0.4 is 10.9 Å². The summed E-state index contributed by atoms with van der Waals surface area (Å²) in [6.07, 6.45) is 1.55. The molecule has 38 heavy (non-hydrogen) atoms. The number of rotatable bonds is 6. The number of fused-ring (bicyclic) bond motifs is 2. The number of aromatic nitrogens is 2. The molecule has 0 saturated heterocycles. The van der Waals surface area contributed by atoms with Crippen LogP contribution in [0.2, 0.25) is 10.0 Å². The molecule has 0 aliphatic rings. The molecule has 2 N–H and O–H groups in total. The van der Waals surface area contributed by atoms with Gasteiger partial charge in [0.25, 0.3) is 11.5 Å². The first-order valence-corrected chi connectivity index (χ1v) is 12.5. The van der Waals surface area contributed by atoms with E-state index in [1.807, 2.05) is 36.4 Å². The second-order valence-corrected chi connectivity index (χ2v) is 9.63. The van der Waals surface area contributed by atoms with Crippen LogP contribution in [0.15, 0.2) is 83.8 Å². The molecule has 3 aromatic carbocycles. The third-order valence-corrected chi connectivity index (χ3v) is 7.12. The Kier molecular flexibility index (Phi) is 6.89. The van der Waals surface area contributed by atoms with E-state index in [1.54, 1.807) is 42.1 Å². The maximum Gasteiger partial charge on any atom is 0.326 e. The predicted molar refractivity (Wildman–Crippen MR) is 149 cm³/mol. The van der Waals surface area contributed by atoms with E-state index in [9.17, 15) is 19.5 Å². The number of benzene rings is 3. The third-order valence-electron chi connectivity index (χ3n) is 6.49. The maximum atomic E-state index is 13.3. The average Bonchev–Trinajstić information content (AvgIpc) is 2.90. The van der Waals surface area contributed by atoms with E-state index in [1.165, 1.54) is 12.1 Å². The first kappa shape index (κ1) is 25.4. The van der Waals surface area contributed by atoms with Gasteiger partial charge in [0.1, 0.15) is 6.04 Å². The van der Waals surface area contributed by atoms with Gasteiger partial charge in [0.15, 0.2) is 0 Å². The number of nitrogens with zero attached hydrogens (tertiary/aromatic N) is 2. The van der Waals surface area contributed by atoms with Crippen LogP contribution in [0.3, 0.4) is 0 Å². The van der Waals surface area contributed by atoms with Crippen molar-refractivity contribution in [1.29, 1.82) is 0 Å². The normalized spacial score (nSPS) is 12.0. The zero-order valence-electron chi connectivity index (χ0n) is 20.1. The lowest BCUT2D eigenvalue weighted by atomic mass is 9.95. The highest BCUT2D eigenvalue weighted by molar-refractivity contribution is 6.39. The first-order valence-electron chi connectivity index (χ1n) is 11.7. The third kappa shape index (κ3) is 4.62. The molecular formula is C29H21Cl2N3O4. The lowest BCUT2D eigenvalue weighted by Gasteiger charge is -2.18. The topological polar surface area (TPSA) is 101 Å². The highest BCUT2D eigenvalue weighted by Crippen LogP contribution is 2.30. The highest BCUT2D eigenvalue weighted by atomic mass is 35.5. The molecule has 0 fully saturated rings. The van der Waals surface area contributed by atoms with Gasteiger partial charge in [-0.15, -0.1) is 0 Å². The SMILES string of the molecule is Cn1c(=O)c(-c2ccc(CC(NC(=O)c3c(Cl)cccc3Cl)C(=O)O)c3ncccc23)cc2ccccc21. The van der Waals surface area contributed by atoms with Gasteiger partial charge >= 0.3 is 5.97 Å². The lowest BCUT2D eigenvalue weighted by Crippen LogP contribution is -2.42. The molecule has 0 aliphatic heterocycles. The van der Waals surface area contributed by atoms with E-state index >= 15 is 0 Å². The second kappa shape index (κ2) is 10.3. The summed E-state index contributed by atoms with van der Waals surface area (Å²) in [5, 5.41) is 14.3. The van der Waals surface area contributed by atoms with Crippen molar-refractivity contribution in [3.63, 3.8) is 0 Å². The van der Waals surface area contributed by atoms with Gasteiger partial charge in [0.2, 0.25) is 0 Å². The second-order valence-electron chi connectivity index (χ2n) is 8.82. The number of carboxylic acids is 1. The number of para-hydroxylation sites is 1. The van der Waals surface area contributed by atoms with E-state index in [0.717, 1.165) is 10.9 Å². The average molecular weight is 546 g/mol. The van der Waals surface area contributed by atoms with Gasteiger partial charge in [-0.2, -0.15) is 0 Å². The van der Waals surface area contributed by atoms with Crippen molar-refractivity contribution in [3.8, 4) is 11.1 Å². The number of carbonyl (C=O) groups is 2. The summed E-state index contributed by atoms with van der Waals surface area (Å²) in [5.74, 6) is -1.92. The Morgan fingerprint density at radius 1 is 0.974 bits per heavy atom. The molecular weight excluding hydrogens is 525 g/mol. The number of halogens is 2. The molecule has 9 heteroatoms. The lowest BCUT2D eigenvalue weighted by molar-refractivity contribution is -0.139. The number of hydrogen-bond acceptors (Lipinski definition) is 4. The van der Waals surface area contributed by atoms with Crippen LogP contribution in [-0.4, -0.2) is 32.6 Å². The molecule has 7 nitrogen and oxygen atoms in total. The first-order chi connectivity index (χ1) is 18.3. The molecule has 1 amide bonds. The number of carboxylic acid groups (broad SMARTS) is 1. The summed E-state index contributed by atoms with van der Waals surface area (Å²) in [5.41, 5.74) is 2.99. The van der Waals surface area contributed by atoms with Gasteiger partial charge in [0.05, 0.1) is 26.6 Å². The van der Waals surface area contributed by atoms with Crippen LogP contribution in [0, 0.1) is 0 Å². The van der Waals surface area contributed by atoms with Crippen molar-refractivity contribution in [2.75, 3.05) is 0 Å². The number of nitrogens with one attached hydrogen (secondary N) is 1. The fourth-order valence-electron chi connectivity index (χ4n) is 4.61. The highest BCUT2D eigenvalue weighted by Gasteiger charge is 2.25. The standard InChI is InChI=1S/C29H21Cl2N3O4/c1-34-24-10-3-2-6-16(24)14-20(28(34)36)18-12-11-17(26-19(18)7-5-13-32-26)15-23(29(37)38)33-27(35)25-21(30)8-4-9-22(25)31/h2-14,23H,15H2,1H3,(H,33,35)(H,37,38). The molecule has 1 atom stereocenters. The van der Waals surface area contributed by atoms with Crippen LogP contribution in [0.1, 0.15) is 15.9 Å². The Morgan fingerprint density at radius 3 is 2.45 bits per heavy atom. The van der Waals surface area contributed by atoms with Crippen LogP contribution in [0.4, 0.5) is 0 Å². The number of aliphatic carboxylic acids is 1. The number of hydrogen-bond donors (Lipinski definition) is 2. The predicted octanol–water partition coefficient (Wildman–Crippen LogP) is 5.49. The van der Waals surface area contributed by atoms with Gasteiger partial charge < -0.3 is 15.0 Å². The van der Waals surface area contributed by atoms with Gasteiger partial charge in [-0.05, 0) is 46.8 Å². The summed E-state index contributed by atoms with van der Waals surface area (Å²) >= 11 is 12.3. The Balaban J connectivity index is 1.56. The largest absolute Gasteiger partial charge is 0.480 e. The minimum atomic E-state index is -1.28. The van der Waals surface area contributed by atoms with Crippen molar-refractivity contribution in [3.05, 3.63) is 111 Å². The fourth-order valence-corrected chi connectivity index (χ4v) is 5.18. The van der Waals surface area contributed by atoms with Crippen molar-refractivity contribution in [2.24, 2.45) is 7.05 Å². The summed E-state index contributed by atoms with van der Waals surface area (Å²) in [4.78, 5) is 42.8. The van der Waals surface area contributed by atoms with Crippen LogP contribution >= 0.6 is 23.2 Å². The molecule has 5 rings (SSSR count). The van der Waals surface area contributed by atoms with Crippen LogP contribution in [0.25, 0.3) is 32.9 Å². The van der Waals surface area contributed by atoms with E-state index in [-0.39, 0.29) is 27.6 Å². The smallest absolute Gasteiger partial charge is 0.326 e. The Hall–Kier alpha value is -4.20. The van der Waals surface area contributed by atoms with Crippen molar-refractivity contribution in [1.82, 2.24) is 14.9 Å². The minimum absolute atomic E-state index is 0.00700. The Labute approximate surface area is 227 Å². The van der Waals surface area contributed by atoms with E-state index in [0.29, 0.717) is 27.6 Å². The fraction of sp³-hybridized carbons (Fsp3) is 0.103. The molecule has 2 heterocycles. The molecule has 5 aromatic rings. The summed E-state index contributed by atoms with van der Waals surface area (Å²) in [6.45, 7) is 0. The van der Waals surface area contributed by atoms with Crippen molar-refractivity contribution >= 4 is 56.9 Å². The number of carbonyl (C=O) groups excluding carboxylic acids is 1. The maximum absolute atomic E-state index is 13.3. The summed E-state index contributed by atoms with van der Waals surface area (Å²) in [7, 11) is 1.73. The number of amides is 1. The zero-order valence-corrected chi connectivity index (χ0v) is 21.6. The Bertz CT molecular complexity index is 1780. The number of aryl methyl sites for hydroxylation is 1. The van der Waals surface area contributed by atoms with Gasteiger partial charge in [-0.1, -0.05) is 65.7 Å². The Morgan fingerprint density at radius 2 is 1.71 bits per heavy atom. The summed E-state index contributed by atoms with van der Waals surface area (Å²) < 4.78 is 1.61. The molecule has 2 aromatic heterocycles. The zero-order chi connectivity index (χ0) is 27.0. The van der Waals surface area contributed by atoms with E-state index in [4.69, 9.17) is 23.2 Å². The van der Waals surface area contributed by atoms with Crippen molar-refractivity contribution in [2.45, 2.75) is 12.5 Å². The van der Waals surface area contributed by atoms with Gasteiger partial charge in [-0.3, -0.25) is 14.6 Å². The molecule has 0 radical (unpaired) electrons. The number of pyridine rings is 2. The molecule has 0 saturated carbocycles. The van der Waals surface area contributed by atoms with E-state index < -0.39 is 17.9 Å². The monoisotopic (exact) mass is 545 g/mol. The molecule has 0 bridgehead atoms. The van der Waals surface area contributed by atoms with E-state index in [2.05, 4.69) is 10.3 Å². The quantitative estimate of drug-likeness (QED) is 0.294. The molecule has 0 spiro atoms. The van der Waals surface area contributed by atoms with Crippen molar-refractivity contribution < 1.29 is 14.7 Å². The molecule has 190 valence electrons. The van der Waals surface area contributed by atoms with Crippen LogP contribution in [0.5, 0.6) is 0 Å². The minimum Gasteiger partial charge on any atom is -0.480 e.